The van der Waals surface area contributed by atoms with E-state index in [0.29, 0.717) is 6.54 Å². The van der Waals surface area contributed by atoms with Crippen molar-refractivity contribution in [3.05, 3.63) is 5.73 Å². The summed E-state index contributed by atoms with van der Waals surface area (Å²) in [5.74, 6) is 1.61. The Morgan fingerprint density at radius 3 is 2.15 bits per heavy atom. The second-order valence-corrected chi connectivity index (χ2v) is 4.14. The summed E-state index contributed by atoms with van der Waals surface area (Å²) >= 11 is 0. The molecule has 0 bridgehead atoms. The number of rotatable bonds is 2. The van der Waals surface area contributed by atoms with Gasteiger partial charge < -0.3 is 10.6 Å². The Hall–Kier alpha value is 1.17. The molecule has 1 aliphatic rings. The van der Waals surface area contributed by atoms with Crippen LogP contribution >= 0.6 is 0 Å². The molecule has 1 fully saturated rings. The molecule has 0 aromatic heterocycles. The molecule has 0 unspecified atom stereocenters. The van der Waals surface area contributed by atoms with Crippen molar-refractivity contribution in [2.45, 2.75) is 13.8 Å². The van der Waals surface area contributed by atoms with Gasteiger partial charge >= 0.3 is 0 Å². The Labute approximate surface area is 109 Å². The van der Waals surface area contributed by atoms with Crippen LogP contribution in [0.4, 0.5) is 0 Å². The largest absolute Gasteiger partial charge is 0.676 e. The third-order valence-corrected chi connectivity index (χ3v) is 2.97. The monoisotopic (exact) mass is 280 g/mol. The molecule has 0 saturated carbocycles. The van der Waals surface area contributed by atoms with Crippen molar-refractivity contribution < 1.29 is 36.9 Å². The molecule has 0 aromatic rings. The molecule has 0 atom stereocenters. The Balaban J connectivity index is 0. The second kappa shape index (κ2) is 11.2. The molecule has 1 rings (SSSR count). The average molecular weight is 280 g/mol. The fourth-order valence-corrected chi connectivity index (χ4v) is 2.19. The number of hydrogen-bond donors (Lipinski definition) is 0. The molecule has 0 spiro atoms. The Morgan fingerprint density at radius 1 is 1.31 bits per heavy atom. The van der Waals surface area contributed by atoms with Gasteiger partial charge in [0.25, 0.3) is 0 Å². The zero-order valence-corrected chi connectivity index (χ0v) is 12.2. The van der Waals surface area contributed by atoms with E-state index in [1.54, 1.807) is 0 Å². The second-order valence-electron chi connectivity index (χ2n) is 2.44. The molecule has 1 aliphatic heterocycles. The van der Waals surface area contributed by atoms with Gasteiger partial charge in [0.15, 0.2) is 0 Å². The van der Waals surface area contributed by atoms with E-state index in [1.807, 2.05) is 13.8 Å². The predicted octanol–water partition coefficient (Wildman–Crippen LogP) is 1.13. The van der Waals surface area contributed by atoms with Crippen molar-refractivity contribution in [3.63, 3.8) is 0 Å². The fraction of sp³-hybridized carbons (Fsp3) is 1.00. The van der Waals surface area contributed by atoms with E-state index in [4.69, 9.17) is 5.73 Å². The van der Waals surface area contributed by atoms with Crippen LogP contribution in [0, 0.1) is 0 Å². The molecule has 13 heavy (non-hydrogen) atoms. The maximum Gasteiger partial charge on any atom is 0.0363 e. The van der Waals surface area contributed by atoms with E-state index >= 15 is 0 Å². The van der Waals surface area contributed by atoms with Gasteiger partial charge in [0.2, 0.25) is 0 Å². The summed E-state index contributed by atoms with van der Waals surface area (Å²) in [7, 11) is -0.567. The standard InChI is InChI=1S/C6H13N2OS.C2H6.Y/c7-1-2-8-3-5-10(9)6-4-8;1-2;/h7H,1-6H2;1-2H3;/q-1;;. The van der Waals surface area contributed by atoms with E-state index < -0.39 is 10.8 Å². The molecular weight excluding hydrogens is 261 g/mol. The first-order chi connectivity index (χ1) is 5.83. The first-order valence-corrected chi connectivity index (χ1v) is 6.03. The topological polar surface area (TPSA) is 44.1 Å². The molecule has 1 heterocycles. The van der Waals surface area contributed by atoms with Gasteiger partial charge in [0.1, 0.15) is 0 Å². The van der Waals surface area contributed by atoms with Crippen molar-refractivity contribution in [3.8, 4) is 0 Å². The third-order valence-electron chi connectivity index (χ3n) is 1.70. The van der Waals surface area contributed by atoms with Gasteiger partial charge in [-0.25, -0.2) is 0 Å². The molecule has 77 valence electrons. The van der Waals surface area contributed by atoms with Gasteiger partial charge in [-0.3, -0.25) is 4.21 Å². The first kappa shape index (κ1) is 16.6. The minimum absolute atomic E-state index is 0. The van der Waals surface area contributed by atoms with Gasteiger partial charge in [0.05, 0.1) is 0 Å². The first-order valence-electron chi connectivity index (χ1n) is 4.55. The zero-order valence-electron chi connectivity index (χ0n) is 8.58. The van der Waals surface area contributed by atoms with Gasteiger partial charge in [-0.15, -0.1) is 6.54 Å². The molecule has 5 heteroatoms. The third kappa shape index (κ3) is 8.19. The zero-order chi connectivity index (χ0) is 9.40. The van der Waals surface area contributed by atoms with Gasteiger partial charge in [0, 0.05) is 68.1 Å². The summed E-state index contributed by atoms with van der Waals surface area (Å²) in [6.07, 6.45) is 0. The van der Waals surface area contributed by atoms with Gasteiger partial charge in [-0.2, -0.15) is 0 Å². The van der Waals surface area contributed by atoms with Crippen LogP contribution in [0.5, 0.6) is 0 Å². The smallest absolute Gasteiger partial charge is 0.0363 e. The summed E-state index contributed by atoms with van der Waals surface area (Å²) in [5, 5.41) is 0. The van der Waals surface area contributed by atoms with E-state index in [-0.39, 0.29) is 32.7 Å². The molecular formula is C8H19N2OSY-. The number of nitrogens with zero attached hydrogens (tertiary/aromatic N) is 1. The van der Waals surface area contributed by atoms with Gasteiger partial charge in [-0.1, -0.05) is 13.8 Å². The quantitative estimate of drug-likeness (QED) is 0.761. The molecule has 3 nitrogen and oxygen atoms in total. The van der Waals surface area contributed by atoms with Crippen molar-refractivity contribution >= 4 is 10.8 Å². The van der Waals surface area contributed by atoms with Crippen molar-refractivity contribution in [1.29, 1.82) is 0 Å². The molecule has 0 aromatic carbocycles. The summed E-state index contributed by atoms with van der Waals surface area (Å²) < 4.78 is 10.9. The van der Waals surface area contributed by atoms with Crippen LogP contribution in [0.1, 0.15) is 13.8 Å². The molecule has 1 radical (unpaired) electrons. The normalized spacial score (nSPS) is 18.4. The summed E-state index contributed by atoms with van der Waals surface area (Å²) in [5.41, 5.74) is 6.97. The van der Waals surface area contributed by atoms with Crippen molar-refractivity contribution in [2.24, 2.45) is 0 Å². The average Bonchev–Trinajstić information content (AvgIpc) is 2.13. The number of hydrogen-bond acceptors (Lipinski definition) is 2. The molecule has 0 aliphatic carbocycles. The van der Waals surface area contributed by atoms with Crippen molar-refractivity contribution in [2.75, 3.05) is 37.7 Å². The van der Waals surface area contributed by atoms with E-state index in [9.17, 15) is 4.21 Å². The number of nitrogens with one attached hydrogen (secondary N) is 1. The predicted molar refractivity (Wildman–Crippen MR) is 54.9 cm³/mol. The molecule has 1 N–H and O–H groups in total. The summed E-state index contributed by atoms with van der Waals surface area (Å²) in [4.78, 5) is 2.20. The van der Waals surface area contributed by atoms with Crippen LogP contribution < -0.4 is 0 Å². The van der Waals surface area contributed by atoms with Gasteiger partial charge in [-0.05, 0) is 6.54 Å². The van der Waals surface area contributed by atoms with Crippen LogP contribution in [-0.4, -0.2) is 46.8 Å². The van der Waals surface area contributed by atoms with Crippen LogP contribution in [0.3, 0.4) is 0 Å². The van der Waals surface area contributed by atoms with Crippen molar-refractivity contribution in [1.82, 2.24) is 4.90 Å². The van der Waals surface area contributed by atoms with Crippen LogP contribution in [0.15, 0.2) is 0 Å². The van der Waals surface area contributed by atoms with Crippen LogP contribution in [0.25, 0.3) is 5.73 Å². The van der Waals surface area contributed by atoms with Crippen LogP contribution in [0.2, 0.25) is 0 Å². The Morgan fingerprint density at radius 2 is 1.77 bits per heavy atom. The van der Waals surface area contributed by atoms with E-state index in [0.717, 1.165) is 31.1 Å². The maximum atomic E-state index is 10.9. The molecule has 1 saturated heterocycles. The van der Waals surface area contributed by atoms with E-state index in [1.165, 1.54) is 0 Å². The Bertz CT molecular complexity index is 125. The summed E-state index contributed by atoms with van der Waals surface area (Å²) in [6.45, 7) is 7.15. The van der Waals surface area contributed by atoms with Crippen LogP contribution in [-0.2, 0) is 43.5 Å². The fourth-order valence-electron chi connectivity index (χ4n) is 1.06. The molecule has 0 amide bonds. The minimum Gasteiger partial charge on any atom is -0.676 e. The van der Waals surface area contributed by atoms with E-state index in [2.05, 4.69) is 4.90 Å². The SMILES string of the molecule is CC.[NH-]CCN1CCS(=O)CC1.[Y]. The maximum absolute atomic E-state index is 10.9. The summed E-state index contributed by atoms with van der Waals surface area (Å²) in [6, 6.07) is 0. The minimum atomic E-state index is -0.567. The Kier molecular flexibility index (Phi) is 14.4.